The summed E-state index contributed by atoms with van der Waals surface area (Å²) in [7, 11) is -3.42. The second-order valence-corrected chi connectivity index (χ2v) is 10.6. The number of aromatic nitrogens is 3. The SMILES string of the molecule is CCCCS(=O)(=O)c1ccc2nc(-c3ccc(C)c(NC(=O)C(C)(C)C)c3)cn2n1. The summed E-state index contributed by atoms with van der Waals surface area (Å²) in [6.45, 7) is 9.47. The molecule has 8 heteroatoms. The number of carbonyl (C=O) groups is 1. The van der Waals surface area contributed by atoms with Gasteiger partial charge in [0.05, 0.1) is 17.6 Å². The third-order valence-corrected chi connectivity index (χ3v) is 6.52. The quantitative estimate of drug-likeness (QED) is 0.633. The van der Waals surface area contributed by atoms with E-state index in [1.165, 1.54) is 10.6 Å². The first-order chi connectivity index (χ1) is 14.0. The van der Waals surface area contributed by atoms with E-state index in [1.807, 2.05) is 52.8 Å². The highest BCUT2D eigenvalue weighted by Gasteiger charge is 2.22. The van der Waals surface area contributed by atoms with Crippen LogP contribution in [0.5, 0.6) is 0 Å². The van der Waals surface area contributed by atoms with Crippen LogP contribution in [0.1, 0.15) is 46.1 Å². The second kappa shape index (κ2) is 8.18. The van der Waals surface area contributed by atoms with Crippen LogP contribution in [0.3, 0.4) is 0 Å². The molecule has 0 aliphatic carbocycles. The van der Waals surface area contributed by atoms with Crippen LogP contribution in [0.4, 0.5) is 5.69 Å². The summed E-state index contributed by atoms with van der Waals surface area (Å²) >= 11 is 0. The minimum absolute atomic E-state index is 0.0504. The molecule has 0 fully saturated rings. The van der Waals surface area contributed by atoms with Crippen LogP contribution >= 0.6 is 0 Å². The Hall–Kier alpha value is -2.74. The number of hydrogen-bond acceptors (Lipinski definition) is 5. The molecule has 1 N–H and O–H groups in total. The molecule has 1 amide bonds. The lowest BCUT2D eigenvalue weighted by Crippen LogP contribution is -2.27. The van der Waals surface area contributed by atoms with Crippen LogP contribution in [-0.2, 0) is 14.6 Å². The van der Waals surface area contributed by atoms with Crippen LogP contribution in [0.2, 0.25) is 0 Å². The lowest BCUT2D eigenvalue weighted by atomic mass is 9.95. The minimum Gasteiger partial charge on any atom is -0.325 e. The number of benzene rings is 1. The third-order valence-electron chi connectivity index (χ3n) is 4.84. The maximum Gasteiger partial charge on any atom is 0.229 e. The number of imidazole rings is 1. The highest BCUT2D eigenvalue weighted by atomic mass is 32.2. The molecule has 0 radical (unpaired) electrons. The van der Waals surface area contributed by atoms with Gasteiger partial charge in [-0.3, -0.25) is 4.79 Å². The van der Waals surface area contributed by atoms with E-state index >= 15 is 0 Å². The molecular formula is C22H28N4O3S. The van der Waals surface area contributed by atoms with E-state index in [4.69, 9.17) is 0 Å². The van der Waals surface area contributed by atoms with Crippen LogP contribution in [0.25, 0.3) is 16.9 Å². The first-order valence-electron chi connectivity index (χ1n) is 10.0. The Labute approximate surface area is 177 Å². The van der Waals surface area contributed by atoms with E-state index in [0.29, 0.717) is 17.8 Å². The number of hydrogen-bond donors (Lipinski definition) is 1. The van der Waals surface area contributed by atoms with Crippen molar-refractivity contribution in [2.75, 3.05) is 11.1 Å². The lowest BCUT2D eigenvalue weighted by molar-refractivity contribution is -0.123. The Morgan fingerprint density at radius 2 is 1.90 bits per heavy atom. The number of amides is 1. The van der Waals surface area contributed by atoms with E-state index in [-0.39, 0.29) is 16.7 Å². The Morgan fingerprint density at radius 3 is 2.57 bits per heavy atom. The standard InChI is InChI=1S/C22H28N4O3S/c1-6-7-12-30(28,29)20-11-10-19-23-18(14-26(19)25-20)16-9-8-15(2)17(13-16)24-21(27)22(3,4)5/h8-11,13-14H,6-7,12H2,1-5H3,(H,24,27). The second-order valence-electron chi connectivity index (χ2n) is 8.51. The van der Waals surface area contributed by atoms with Gasteiger partial charge in [0.25, 0.3) is 0 Å². The summed E-state index contributed by atoms with van der Waals surface area (Å²) < 4.78 is 26.4. The topological polar surface area (TPSA) is 93.4 Å². The van der Waals surface area contributed by atoms with E-state index in [0.717, 1.165) is 23.2 Å². The molecule has 0 atom stereocenters. The zero-order chi connectivity index (χ0) is 22.1. The van der Waals surface area contributed by atoms with E-state index in [2.05, 4.69) is 15.4 Å². The fourth-order valence-corrected chi connectivity index (χ4v) is 4.20. The Kier molecular flexibility index (Phi) is 5.99. The van der Waals surface area contributed by atoms with Crippen molar-refractivity contribution in [2.24, 2.45) is 5.41 Å². The normalized spacial score (nSPS) is 12.3. The zero-order valence-electron chi connectivity index (χ0n) is 18.1. The van der Waals surface area contributed by atoms with Crippen molar-refractivity contribution >= 4 is 27.1 Å². The van der Waals surface area contributed by atoms with Gasteiger partial charge in [-0.1, -0.05) is 46.2 Å². The van der Waals surface area contributed by atoms with Crippen molar-refractivity contribution in [2.45, 2.75) is 52.5 Å². The van der Waals surface area contributed by atoms with Gasteiger partial charge in [0, 0.05) is 16.7 Å². The van der Waals surface area contributed by atoms with Crippen LogP contribution < -0.4 is 5.32 Å². The Balaban J connectivity index is 1.95. The Bertz CT molecular complexity index is 1190. The maximum absolute atomic E-state index is 12.4. The smallest absolute Gasteiger partial charge is 0.229 e. The van der Waals surface area contributed by atoms with Gasteiger partial charge in [-0.2, -0.15) is 5.10 Å². The molecule has 0 aliphatic rings. The van der Waals surface area contributed by atoms with E-state index in [1.54, 1.807) is 12.3 Å². The van der Waals surface area contributed by atoms with Crippen LogP contribution in [0, 0.1) is 12.3 Å². The number of sulfone groups is 1. The van der Waals surface area contributed by atoms with Crippen molar-refractivity contribution in [1.29, 1.82) is 0 Å². The zero-order valence-corrected chi connectivity index (χ0v) is 18.9. The van der Waals surface area contributed by atoms with Gasteiger partial charge >= 0.3 is 0 Å². The Morgan fingerprint density at radius 1 is 1.17 bits per heavy atom. The molecule has 160 valence electrons. The van der Waals surface area contributed by atoms with Crippen molar-refractivity contribution in [3.63, 3.8) is 0 Å². The average Bonchev–Trinajstić information content (AvgIpc) is 3.10. The number of nitrogens with one attached hydrogen (secondary N) is 1. The molecule has 30 heavy (non-hydrogen) atoms. The molecule has 0 aliphatic heterocycles. The molecule has 0 spiro atoms. The van der Waals surface area contributed by atoms with Crippen LogP contribution in [0.15, 0.2) is 41.6 Å². The number of rotatable bonds is 6. The minimum atomic E-state index is -3.42. The largest absolute Gasteiger partial charge is 0.325 e. The first kappa shape index (κ1) is 22.0. The number of anilines is 1. The molecule has 2 heterocycles. The van der Waals surface area contributed by atoms with Crippen molar-refractivity contribution in [1.82, 2.24) is 14.6 Å². The monoisotopic (exact) mass is 428 g/mol. The lowest BCUT2D eigenvalue weighted by Gasteiger charge is -2.19. The number of fused-ring (bicyclic) bond motifs is 1. The summed E-state index contributed by atoms with van der Waals surface area (Å²) in [5, 5.41) is 7.29. The predicted octanol–water partition coefficient (Wildman–Crippen LogP) is 4.26. The highest BCUT2D eigenvalue weighted by molar-refractivity contribution is 7.91. The fraction of sp³-hybridized carbons (Fsp3) is 0.409. The molecule has 0 saturated heterocycles. The van der Waals surface area contributed by atoms with Crippen LogP contribution in [-0.4, -0.2) is 34.7 Å². The van der Waals surface area contributed by atoms with E-state index < -0.39 is 15.3 Å². The van der Waals surface area contributed by atoms with E-state index in [9.17, 15) is 13.2 Å². The van der Waals surface area contributed by atoms with Gasteiger partial charge in [-0.15, -0.1) is 0 Å². The van der Waals surface area contributed by atoms with Gasteiger partial charge in [-0.05, 0) is 37.1 Å². The molecule has 3 rings (SSSR count). The van der Waals surface area contributed by atoms with Gasteiger partial charge in [0.1, 0.15) is 0 Å². The molecule has 2 aromatic heterocycles. The highest BCUT2D eigenvalue weighted by Crippen LogP contribution is 2.27. The number of unbranched alkanes of at least 4 members (excludes halogenated alkanes) is 1. The summed E-state index contributed by atoms with van der Waals surface area (Å²) in [5.74, 6) is 0.0135. The summed E-state index contributed by atoms with van der Waals surface area (Å²) in [5.41, 5.74) is 3.18. The van der Waals surface area contributed by atoms with Gasteiger partial charge in [0.2, 0.25) is 5.91 Å². The number of carbonyl (C=O) groups excluding carboxylic acids is 1. The van der Waals surface area contributed by atoms with Gasteiger partial charge in [0.15, 0.2) is 20.5 Å². The summed E-state index contributed by atoms with van der Waals surface area (Å²) in [6, 6.07) is 8.88. The van der Waals surface area contributed by atoms with Crippen molar-refractivity contribution in [3.8, 4) is 11.3 Å². The third kappa shape index (κ3) is 4.70. The van der Waals surface area contributed by atoms with Gasteiger partial charge in [-0.25, -0.2) is 17.9 Å². The van der Waals surface area contributed by atoms with Crippen molar-refractivity contribution < 1.29 is 13.2 Å². The molecule has 0 bridgehead atoms. The molecule has 0 unspecified atom stereocenters. The number of aryl methyl sites for hydroxylation is 1. The van der Waals surface area contributed by atoms with Crippen molar-refractivity contribution in [3.05, 3.63) is 42.1 Å². The maximum atomic E-state index is 12.4. The van der Waals surface area contributed by atoms with Gasteiger partial charge < -0.3 is 5.32 Å². The predicted molar refractivity (Wildman–Crippen MR) is 118 cm³/mol. The summed E-state index contributed by atoms with van der Waals surface area (Å²) in [4.78, 5) is 16.9. The number of nitrogens with zero attached hydrogens (tertiary/aromatic N) is 3. The molecule has 1 aromatic carbocycles. The average molecular weight is 429 g/mol. The molecule has 0 saturated carbocycles. The first-order valence-corrected chi connectivity index (χ1v) is 11.7. The molecule has 3 aromatic rings. The summed E-state index contributed by atoms with van der Waals surface area (Å²) in [6.07, 6.45) is 3.11. The molecular weight excluding hydrogens is 400 g/mol. The fourth-order valence-electron chi connectivity index (χ4n) is 2.83. The molecule has 7 nitrogen and oxygen atoms in total.